The molecule has 5 nitrogen and oxygen atoms in total. The zero-order valence-electron chi connectivity index (χ0n) is 8.21. The minimum Gasteiger partial charge on any atom is -0.333 e. The highest BCUT2D eigenvalue weighted by atomic mass is 35.5. The van der Waals surface area contributed by atoms with Crippen molar-refractivity contribution in [1.82, 2.24) is 10.1 Å². The highest BCUT2D eigenvalue weighted by molar-refractivity contribution is 7.90. The van der Waals surface area contributed by atoms with Crippen LogP contribution in [0.4, 0.5) is 0 Å². The topological polar surface area (TPSA) is 73.1 Å². The quantitative estimate of drug-likeness (QED) is 0.821. The summed E-state index contributed by atoms with van der Waals surface area (Å²) in [6.45, 7) is 0. The van der Waals surface area contributed by atoms with Crippen LogP contribution in [0.5, 0.6) is 0 Å². The maximum atomic E-state index is 11.2. The summed E-state index contributed by atoms with van der Waals surface area (Å²) in [5.41, 5.74) is 0.617. The molecule has 0 aliphatic heterocycles. The number of nitrogens with zero attached hydrogens (tertiary/aromatic N) is 2. The number of rotatable bonds is 2. The van der Waals surface area contributed by atoms with Crippen LogP contribution in [-0.2, 0) is 9.84 Å². The van der Waals surface area contributed by atoms with Crippen LogP contribution in [0.25, 0.3) is 11.5 Å². The second-order valence-electron chi connectivity index (χ2n) is 3.17. The molecule has 1 aromatic heterocycles. The minimum absolute atomic E-state index is 0.0159. The average Bonchev–Trinajstić information content (AvgIpc) is 2.64. The smallest absolute Gasteiger partial charge is 0.264 e. The van der Waals surface area contributed by atoms with Crippen molar-refractivity contribution < 1.29 is 12.9 Å². The molecule has 16 heavy (non-hydrogen) atoms. The van der Waals surface area contributed by atoms with Crippen LogP contribution in [-0.4, -0.2) is 24.8 Å². The van der Waals surface area contributed by atoms with E-state index in [0.29, 0.717) is 5.56 Å². The SMILES string of the molecule is CS(=O)(=O)c1ccc(-c2nc(Cl)no2)cc1. The van der Waals surface area contributed by atoms with E-state index in [1.807, 2.05) is 0 Å². The van der Waals surface area contributed by atoms with Gasteiger partial charge in [-0.3, -0.25) is 0 Å². The van der Waals surface area contributed by atoms with Crippen molar-refractivity contribution in [3.63, 3.8) is 0 Å². The maximum Gasteiger partial charge on any atom is 0.264 e. The number of hydrogen-bond donors (Lipinski definition) is 0. The molecule has 0 aliphatic rings. The predicted molar refractivity (Wildman–Crippen MR) is 57.9 cm³/mol. The fourth-order valence-electron chi connectivity index (χ4n) is 1.17. The van der Waals surface area contributed by atoms with Gasteiger partial charge in [0.1, 0.15) is 0 Å². The lowest BCUT2D eigenvalue weighted by Gasteiger charge is -1.98. The molecule has 1 aromatic carbocycles. The Morgan fingerprint density at radius 2 is 1.88 bits per heavy atom. The van der Waals surface area contributed by atoms with E-state index < -0.39 is 9.84 Å². The molecule has 0 spiro atoms. The van der Waals surface area contributed by atoms with Gasteiger partial charge in [-0.25, -0.2) is 8.42 Å². The Morgan fingerprint density at radius 1 is 1.25 bits per heavy atom. The average molecular weight is 259 g/mol. The third-order valence-electron chi connectivity index (χ3n) is 1.93. The van der Waals surface area contributed by atoms with E-state index in [2.05, 4.69) is 10.1 Å². The van der Waals surface area contributed by atoms with Crippen LogP contribution in [0.3, 0.4) is 0 Å². The van der Waals surface area contributed by atoms with E-state index in [9.17, 15) is 8.42 Å². The number of hydrogen-bond acceptors (Lipinski definition) is 5. The Morgan fingerprint density at radius 3 is 2.31 bits per heavy atom. The number of sulfone groups is 1. The summed E-state index contributed by atoms with van der Waals surface area (Å²) >= 11 is 5.50. The fourth-order valence-corrected chi connectivity index (χ4v) is 1.91. The molecule has 0 radical (unpaired) electrons. The summed E-state index contributed by atoms with van der Waals surface area (Å²) in [7, 11) is -3.19. The van der Waals surface area contributed by atoms with Gasteiger partial charge >= 0.3 is 0 Å². The lowest BCUT2D eigenvalue weighted by atomic mass is 10.2. The minimum atomic E-state index is -3.19. The van der Waals surface area contributed by atoms with Gasteiger partial charge in [0.05, 0.1) is 4.90 Å². The van der Waals surface area contributed by atoms with Gasteiger partial charge in [-0.1, -0.05) is 0 Å². The van der Waals surface area contributed by atoms with Crippen LogP contribution in [0, 0.1) is 0 Å². The highest BCUT2D eigenvalue weighted by Crippen LogP contribution is 2.20. The van der Waals surface area contributed by atoms with Crippen molar-refractivity contribution in [3.8, 4) is 11.5 Å². The van der Waals surface area contributed by atoms with Gasteiger partial charge in [0, 0.05) is 11.8 Å². The van der Waals surface area contributed by atoms with Crippen LogP contribution < -0.4 is 0 Å². The number of halogens is 1. The first kappa shape index (κ1) is 11.1. The summed E-state index contributed by atoms with van der Waals surface area (Å²) in [6, 6.07) is 6.12. The van der Waals surface area contributed by atoms with Gasteiger partial charge in [-0.15, -0.1) is 0 Å². The summed E-state index contributed by atoms with van der Waals surface area (Å²) in [6.07, 6.45) is 1.14. The van der Waals surface area contributed by atoms with Gasteiger partial charge in [-0.05, 0) is 41.0 Å². The molecule has 7 heteroatoms. The predicted octanol–water partition coefficient (Wildman–Crippen LogP) is 1.79. The zero-order valence-corrected chi connectivity index (χ0v) is 9.79. The Hall–Kier alpha value is -1.40. The molecule has 0 N–H and O–H groups in total. The second kappa shape index (κ2) is 3.88. The molecular formula is C9H7ClN2O3S. The van der Waals surface area contributed by atoms with Gasteiger partial charge in [0.25, 0.3) is 11.2 Å². The Kier molecular flexibility index (Phi) is 2.69. The normalized spacial score (nSPS) is 11.6. The van der Waals surface area contributed by atoms with E-state index in [1.54, 1.807) is 12.1 Å². The van der Waals surface area contributed by atoms with E-state index in [-0.39, 0.29) is 16.1 Å². The summed E-state index contributed by atoms with van der Waals surface area (Å²) in [4.78, 5) is 4.05. The molecule has 0 saturated heterocycles. The van der Waals surface area contributed by atoms with E-state index >= 15 is 0 Å². The van der Waals surface area contributed by atoms with Crippen LogP contribution in [0.2, 0.25) is 5.28 Å². The van der Waals surface area contributed by atoms with E-state index in [4.69, 9.17) is 16.1 Å². The second-order valence-corrected chi connectivity index (χ2v) is 5.52. The molecule has 1 heterocycles. The molecule has 0 aliphatic carbocycles. The lowest BCUT2D eigenvalue weighted by Crippen LogP contribution is -1.96. The molecule has 0 amide bonds. The van der Waals surface area contributed by atoms with Crippen molar-refractivity contribution in [3.05, 3.63) is 29.5 Å². The molecule has 84 valence electrons. The Labute approximate surface area is 97.0 Å². The van der Waals surface area contributed by atoms with Crippen molar-refractivity contribution in [1.29, 1.82) is 0 Å². The fraction of sp³-hybridized carbons (Fsp3) is 0.111. The van der Waals surface area contributed by atoms with Gasteiger partial charge in [-0.2, -0.15) is 4.98 Å². The summed E-state index contributed by atoms with van der Waals surface area (Å²) < 4.78 is 27.3. The third kappa shape index (κ3) is 2.23. The molecular weight excluding hydrogens is 252 g/mol. The number of benzene rings is 1. The van der Waals surface area contributed by atoms with Crippen molar-refractivity contribution in [2.24, 2.45) is 0 Å². The van der Waals surface area contributed by atoms with Crippen molar-refractivity contribution in [2.45, 2.75) is 4.90 Å². The molecule has 0 fully saturated rings. The first-order valence-corrected chi connectivity index (χ1v) is 6.53. The Bertz CT molecular complexity index is 604. The summed E-state index contributed by atoms with van der Waals surface area (Å²) in [5.74, 6) is 0.255. The van der Waals surface area contributed by atoms with Gasteiger partial charge in [0.15, 0.2) is 9.84 Å². The molecule has 2 aromatic rings. The van der Waals surface area contributed by atoms with Crippen LogP contribution in [0.15, 0.2) is 33.7 Å². The van der Waals surface area contributed by atoms with E-state index in [0.717, 1.165) is 6.26 Å². The number of aromatic nitrogens is 2. The van der Waals surface area contributed by atoms with Crippen molar-refractivity contribution in [2.75, 3.05) is 6.26 Å². The molecule has 0 unspecified atom stereocenters. The maximum absolute atomic E-state index is 11.2. The summed E-state index contributed by atoms with van der Waals surface area (Å²) in [5, 5.41) is 3.44. The third-order valence-corrected chi connectivity index (χ3v) is 3.21. The van der Waals surface area contributed by atoms with Crippen LogP contribution in [0.1, 0.15) is 0 Å². The van der Waals surface area contributed by atoms with Gasteiger partial charge < -0.3 is 4.52 Å². The van der Waals surface area contributed by atoms with Crippen molar-refractivity contribution >= 4 is 21.4 Å². The van der Waals surface area contributed by atoms with E-state index in [1.165, 1.54) is 12.1 Å². The van der Waals surface area contributed by atoms with Gasteiger partial charge in [0.2, 0.25) is 0 Å². The standard InChI is InChI=1S/C9H7ClN2O3S/c1-16(13,14)7-4-2-6(3-5-7)8-11-9(10)12-15-8/h2-5H,1H3. The Balaban J connectivity index is 2.40. The molecule has 2 rings (SSSR count). The molecule has 0 saturated carbocycles. The first-order valence-electron chi connectivity index (χ1n) is 4.26. The molecule has 0 atom stereocenters. The highest BCUT2D eigenvalue weighted by Gasteiger charge is 2.10. The first-order chi connectivity index (χ1) is 7.47. The monoisotopic (exact) mass is 258 g/mol. The van der Waals surface area contributed by atoms with Crippen LogP contribution >= 0.6 is 11.6 Å². The molecule has 0 bridgehead atoms. The zero-order chi connectivity index (χ0) is 11.8. The largest absolute Gasteiger partial charge is 0.333 e. The lowest BCUT2D eigenvalue weighted by molar-refractivity contribution is 0.430.